The molecule has 0 radical (unpaired) electrons. The first-order chi connectivity index (χ1) is 13.1. The Kier molecular flexibility index (Phi) is 4.99. The molecular weight excluding hydrogens is 385 g/mol. The quantitative estimate of drug-likeness (QED) is 0.715. The second kappa shape index (κ2) is 7.12. The second-order valence-electron chi connectivity index (χ2n) is 6.36. The summed E-state index contributed by atoms with van der Waals surface area (Å²) >= 11 is 0. The first kappa shape index (κ1) is 19.6. The lowest BCUT2D eigenvalue weighted by atomic mass is 10.2. The zero-order valence-electron chi connectivity index (χ0n) is 15.7. The summed E-state index contributed by atoms with van der Waals surface area (Å²) in [4.78, 5) is 20.4. The van der Waals surface area contributed by atoms with Crippen LogP contribution in [0.3, 0.4) is 0 Å². The average Bonchev–Trinajstić information content (AvgIpc) is 2.98. The molecule has 3 aromatic rings. The Morgan fingerprint density at radius 2 is 1.71 bits per heavy atom. The van der Waals surface area contributed by atoms with Gasteiger partial charge in [-0.25, -0.2) is 32.2 Å². The first-order valence-corrected chi connectivity index (χ1v) is 9.78. The number of amides is 1. The van der Waals surface area contributed by atoms with Crippen LogP contribution in [0.2, 0.25) is 0 Å². The van der Waals surface area contributed by atoms with Gasteiger partial charge in [0.25, 0.3) is 21.9 Å². The monoisotopic (exact) mass is 403 g/mol. The van der Waals surface area contributed by atoms with E-state index in [9.17, 15) is 17.6 Å². The summed E-state index contributed by atoms with van der Waals surface area (Å²) in [7, 11) is -4.40. The number of nitrogens with zero attached hydrogens (tertiary/aromatic N) is 4. The number of rotatable bonds is 4. The molecule has 2 heterocycles. The summed E-state index contributed by atoms with van der Waals surface area (Å²) in [5, 5.41) is 4.10. The van der Waals surface area contributed by atoms with Gasteiger partial charge >= 0.3 is 0 Å². The summed E-state index contributed by atoms with van der Waals surface area (Å²) < 4.78 is 42.2. The van der Waals surface area contributed by atoms with Crippen LogP contribution in [-0.4, -0.2) is 34.1 Å². The van der Waals surface area contributed by atoms with E-state index in [1.807, 2.05) is 4.72 Å². The molecule has 0 unspecified atom stereocenters. The van der Waals surface area contributed by atoms with Crippen LogP contribution in [0.4, 0.5) is 4.39 Å². The normalized spacial score (nSPS) is 11.5. The van der Waals surface area contributed by atoms with Crippen molar-refractivity contribution >= 4 is 15.9 Å². The van der Waals surface area contributed by atoms with Crippen LogP contribution in [-0.2, 0) is 10.0 Å². The fourth-order valence-corrected chi connectivity index (χ4v) is 3.76. The molecule has 0 aliphatic heterocycles. The summed E-state index contributed by atoms with van der Waals surface area (Å²) in [6, 6.07) is 7.11. The summed E-state index contributed by atoms with van der Waals surface area (Å²) in [5.74, 6) is -1.62. The average molecular weight is 403 g/mol. The molecule has 1 amide bonds. The van der Waals surface area contributed by atoms with E-state index in [4.69, 9.17) is 0 Å². The van der Waals surface area contributed by atoms with Crippen molar-refractivity contribution < 1.29 is 17.6 Å². The highest BCUT2D eigenvalue weighted by molar-refractivity contribution is 7.90. The minimum absolute atomic E-state index is 0.155. The number of carbonyl (C=O) groups is 1. The zero-order chi connectivity index (χ0) is 20.6. The molecule has 28 heavy (non-hydrogen) atoms. The lowest BCUT2D eigenvalue weighted by molar-refractivity contribution is 0.0976. The van der Waals surface area contributed by atoms with Gasteiger partial charge in [-0.1, -0.05) is 12.1 Å². The Labute approximate surface area is 161 Å². The largest absolute Gasteiger partial charge is 0.285 e. The predicted octanol–water partition coefficient (Wildman–Crippen LogP) is 2.15. The number of hydrogen-bond acceptors (Lipinski definition) is 6. The summed E-state index contributed by atoms with van der Waals surface area (Å²) in [6.45, 7) is 6.71. The van der Waals surface area contributed by atoms with Crippen molar-refractivity contribution in [2.45, 2.75) is 32.6 Å². The van der Waals surface area contributed by atoms with Crippen molar-refractivity contribution in [2.24, 2.45) is 0 Å². The Balaban J connectivity index is 1.93. The third-order valence-electron chi connectivity index (χ3n) is 3.95. The van der Waals surface area contributed by atoms with Gasteiger partial charge in [0, 0.05) is 17.1 Å². The van der Waals surface area contributed by atoms with E-state index in [-0.39, 0.29) is 17.2 Å². The minimum atomic E-state index is -4.40. The van der Waals surface area contributed by atoms with Crippen LogP contribution < -0.4 is 4.72 Å². The fourth-order valence-electron chi connectivity index (χ4n) is 2.65. The molecule has 3 rings (SSSR count). The smallest absolute Gasteiger partial charge is 0.266 e. The van der Waals surface area contributed by atoms with Crippen LogP contribution in [0.15, 0.2) is 35.2 Å². The highest BCUT2D eigenvalue weighted by atomic mass is 32.2. The number of carbonyl (C=O) groups excluding carboxylic acids is 1. The molecule has 2 aromatic heterocycles. The highest BCUT2D eigenvalue weighted by Crippen LogP contribution is 2.18. The Bertz CT molecular complexity index is 1170. The van der Waals surface area contributed by atoms with E-state index >= 15 is 0 Å². The maximum absolute atomic E-state index is 14.1. The van der Waals surface area contributed by atoms with Crippen molar-refractivity contribution in [3.8, 4) is 5.95 Å². The van der Waals surface area contributed by atoms with Crippen LogP contribution >= 0.6 is 0 Å². The van der Waals surface area contributed by atoms with Crippen molar-refractivity contribution in [3.05, 3.63) is 64.5 Å². The topological polar surface area (TPSA) is 107 Å². The Morgan fingerprint density at radius 1 is 1.07 bits per heavy atom. The van der Waals surface area contributed by atoms with E-state index in [0.29, 0.717) is 5.69 Å². The van der Waals surface area contributed by atoms with Gasteiger partial charge in [-0.05, 0) is 51.5 Å². The van der Waals surface area contributed by atoms with Gasteiger partial charge in [-0.15, -0.1) is 0 Å². The Hall–Kier alpha value is -3.14. The first-order valence-electron chi connectivity index (χ1n) is 8.30. The van der Waals surface area contributed by atoms with E-state index in [0.717, 1.165) is 17.5 Å². The molecule has 0 aliphatic rings. The minimum Gasteiger partial charge on any atom is -0.266 e. The lowest BCUT2D eigenvalue weighted by Crippen LogP contribution is -2.31. The highest BCUT2D eigenvalue weighted by Gasteiger charge is 2.25. The molecule has 0 bridgehead atoms. The van der Waals surface area contributed by atoms with Crippen LogP contribution in [0.1, 0.15) is 33.1 Å². The number of aryl methyl sites for hydroxylation is 4. The van der Waals surface area contributed by atoms with Crippen LogP contribution in [0.5, 0.6) is 0 Å². The zero-order valence-corrected chi connectivity index (χ0v) is 16.5. The number of aromatic nitrogens is 4. The predicted molar refractivity (Wildman–Crippen MR) is 99.2 cm³/mol. The van der Waals surface area contributed by atoms with Gasteiger partial charge in [0.05, 0.1) is 0 Å². The molecule has 0 fully saturated rings. The van der Waals surface area contributed by atoms with E-state index in [1.165, 1.54) is 29.8 Å². The lowest BCUT2D eigenvalue weighted by Gasteiger charge is -2.08. The van der Waals surface area contributed by atoms with Crippen LogP contribution in [0, 0.1) is 33.5 Å². The number of sulfonamides is 1. The second-order valence-corrected chi connectivity index (χ2v) is 8.01. The van der Waals surface area contributed by atoms with Gasteiger partial charge < -0.3 is 0 Å². The molecule has 0 atom stereocenters. The number of hydrogen-bond donors (Lipinski definition) is 1. The molecule has 8 nitrogen and oxygen atoms in total. The van der Waals surface area contributed by atoms with E-state index in [1.54, 1.807) is 26.8 Å². The summed E-state index contributed by atoms with van der Waals surface area (Å²) in [6.07, 6.45) is 0. The molecule has 0 aliphatic carbocycles. The van der Waals surface area contributed by atoms with Gasteiger partial charge in [0.1, 0.15) is 10.7 Å². The van der Waals surface area contributed by atoms with Crippen molar-refractivity contribution in [2.75, 3.05) is 0 Å². The molecule has 146 valence electrons. The van der Waals surface area contributed by atoms with Gasteiger partial charge in [0.15, 0.2) is 5.69 Å². The van der Waals surface area contributed by atoms with Gasteiger partial charge in [-0.3, -0.25) is 4.79 Å². The SMILES string of the molecule is Cc1cc(C)nc(-n2nc(C(=O)NS(=O)(=O)c3cccc(C)c3F)cc2C)n1. The van der Waals surface area contributed by atoms with Crippen molar-refractivity contribution in [1.82, 2.24) is 24.5 Å². The fraction of sp³-hybridized carbons (Fsp3) is 0.222. The molecule has 1 aromatic carbocycles. The van der Waals surface area contributed by atoms with E-state index < -0.39 is 26.6 Å². The number of nitrogens with one attached hydrogen (secondary N) is 1. The molecule has 0 spiro atoms. The van der Waals surface area contributed by atoms with Gasteiger partial charge in [-0.2, -0.15) is 5.10 Å². The maximum Gasteiger partial charge on any atom is 0.285 e. The van der Waals surface area contributed by atoms with Crippen molar-refractivity contribution in [3.63, 3.8) is 0 Å². The Morgan fingerprint density at radius 3 is 2.36 bits per heavy atom. The number of benzene rings is 1. The van der Waals surface area contributed by atoms with Gasteiger partial charge in [0.2, 0.25) is 0 Å². The van der Waals surface area contributed by atoms with Crippen molar-refractivity contribution in [1.29, 1.82) is 0 Å². The molecule has 0 saturated carbocycles. The third kappa shape index (κ3) is 3.77. The summed E-state index contributed by atoms with van der Waals surface area (Å²) in [5.41, 5.74) is 1.98. The molecule has 10 heteroatoms. The standard InChI is InChI=1S/C18H18FN5O3S/c1-10-6-5-7-15(16(10)19)28(26,27)23-17(25)14-9-13(4)24(22-14)18-20-11(2)8-12(3)21-18/h5-9H,1-4H3,(H,23,25). The molecule has 1 N–H and O–H groups in total. The van der Waals surface area contributed by atoms with E-state index in [2.05, 4.69) is 15.1 Å². The maximum atomic E-state index is 14.1. The third-order valence-corrected chi connectivity index (χ3v) is 5.30. The number of halogens is 1. The van der Waals surface area contributed by atoms with Crippen LogP contribution in [0.25, 0.3) is 5.95 Å². The molecular formula is C18H18FN5O3S. The molecule has 0 saturated heterocycles.